The van der Waals surface area contributed by atoms with Crippen LogP contribution in [0.1, 0.15) is 51.9 Å². The average molecular weight is 384 g/mol. The van der Waals surface area contributed by atoms with Gasteiger partial charge in [0.25, 0.3) is 0 Å². The lowest BCUT2D eigenvalue weighted by atomic mass is 9.95. The number of amides is 1. The zero-order chi connectivity index (χ0) is 20.1. The number of methoxy groups -OCH3 is 1. The van der Waals surface area contributed by atoms with Crippen LogP contribution in [-0.4, -0.2) is 37.4 Å². The molecule has 0 bridgehead atoms. The number of nitrogen functional groups attached to an aromatic ring is 1. The number of carboxylic acids is 1. The lowest BCUT2D eigenvalue weighted by Crippen LogP contribution is -2.27. The molecule has 1 amide bonds. The van der Waals surface area contributed by atoms with Gasteiger partial charge in [-0.1, -0.05) is 18.2 Å². The summed E-state index contributed by atoms with van der Waals surface area (Å²) in [5.41, 5.74) is 9.35. The van der Waals surface area contributed by atoms with Crippen LogP contribution in [0.15, 0.2) is 42.5 Å². The Kier molecular flexibility index (Phi) is 6.16. The molecule has 7 nitrogen and oxygen atoms in total. The van der Waals surface area contributed by atoms with Gasteiger partial charge in [0.1, 0.15) is 6.10 Å². The van der Waals surface area contributed by atoms with E-state index in [1.807, 2.05) is 24.3 Å². The number of carbonyl (C=O) groups excluding carboxylic acids is 1. The standard InChI is InChI=1S/C21H24N2O5/c1-27-21(26)23-7-8-28-19(14-3-2-4-18(22)12-14)16-9-15(13-5-6-13)10-17(11-16)20(24)25/h2-4,9-13,19H,5-8,22H2,1H3,(H,23,26)(H,24,25). The summed E-state index contributed by atoms with van der Waals surface area (Å²) in [7, 11) is 1.29. The quantitative estimate of drug-likeness (QED) is 0.476. The van der Waals surface area contributed by atoms with E-state index >= 15 is 0 Å². The number of nitrogens with two attached hydrogens (primary N) is 1. The van der Waals surface area contributed by atoms with Crippen LogP contribution in [0.3, 0.4) is 0 Å². The number of aromatic carboxylic acids is 1. The number of carboxylic acid groups (broad SMARTS) is 1. The van der Waals surface area contributed by atoms with Crippen LogP contribution in [0.2, 0.25) is 0 Å². The summed E-state index contributed by atoms with van der Waals surface area (Å²) in [5, 5.41) is 12.1. The number of alkyl carbamates (subject to hydrolysis) is 1. The number of hydrogen-bond donors (Lipinski definition) is 3. The van der Waals surface area contributed by atoms with Crippen molar-refractivity contribution in [3.05, 3.63) is 64.7 Å². The van der Waals surface area contributed by atoms with Crippen molar-refractivity contribution in [1.29, 1.82) is 0 Å². The molecule has 4 N–H and O–H groups in total. The Hall–Kier alpha value is -3.06. The van der Waals surface area contributed by atoms with Gasteiger partial charge in [-0.2, -0.15) is 0 Å². The molecule has 1 fully saturated rings. The van der Waals surface area contributed by atoms with E-state index in [0.29, 0.717) is 11.6 Å². The first-order chi connectivity index (χ1) is 13.5. The molecule has 148 valence electrons. The van der Waals surface area contributed by atoms with Crippen LogP contribution in [0.25, 0.3) is 0 Å². The largest absolute Gasteiger partial charge is 0.478 e. The molecule has 0 radical (unpaired) electrons. The van der Waals surface area contributed by atoms with Crippen LogP contribution in [-0.2, 0) is 9.47 Å². The lowest BCUT2D eigenvalue weighted by molar-refractivity contribution is 0.0693. The maximum Gasteiger partial charge on any atom is 0.406 e. The highest BCUT2D eigenvalue weighted by atomic mass is 16.5. The minimum Gasteiger partial charge on any atom is -0.478 e. The monoisotopic (exact) mass is 384 g/mol. The number of benzene rings is 2. The second-order valence-electron chi connectivity index (χ2n) is 6.81. The zero-order valence-corrected chi connectivity index (χ0v) is 15.7. The van der Waals surface area contributed by atoms with Crippen LogP contribution < -0.4 is 11.1 Å². The second-order valence-corrected chi connectivity index (χ2v) is 6.81. The molecule has 0 saturated heterocycles. The fourth-order valence-electron chi connectivity index (χ4n) is 3.11. The highest BCUT2D eigenvalue weighted by molar-refractivity contribution is 5.88. The molecule has 1 unspecified atom stereocenters. The minimum atomic E-state index is -0.970. The van der Waals surface area contributed by atoms with Crippen LogP contribution in [0.4, 0.5) is 10.5 Å². The van der Waals surface area contributed by atoms with E-state index in [1.165, 1.54) is 7.11 Å². The predicted octanol–water partition coefficient (Wildman–Crippen LogP) is 3.31. The summed E-state index contributed by atoms with van der Waals surface area (Å²) in [4.78, 5) is 22.8. The SMILES string of the molecule is COC(=O)NCCOC(c1cccc(N)c1)c1cc(C(=O)O)cc(C2CC2)c1. The van der Waals surface area contributed by atoms with E-state index in [1.54, 1.807) is 18.2 Å². The molecule has 0 spiro atoms. The van der Waals surface area contributed by atoms with Crippen LogP contribution in [0, 0.1) is 0 Å². The number of ether oxygens (including phenoxy) is 2. The van der Waals surface area contributed by atoms with Crippen molar-refractivity contribution >= 4 is 17.7 Å². The second kappa shape index (κ2) is 8.75. The summed E-state index contributed by atoms with van der Waals surface area (Å²) in [6.07, 6.45) is 1.10. The number of carbonyl (C=O) groups is 2. The summed E-state index contributed by atoms with van der Waals surface area (Å²) < 4.78 is 10.6. The molecule has 0 aliphatic heterocycles. The third kappa shape index (κ3) is 5.01. The van der Waals surface area contributed by atoms with E-state index in [-0.39, 0.29) is 18.7 Å². The van der Waals surface area contributed by atoms with Gasteiger partial charge in [-0.25, -0.2) is 9.59 Å². The molecule has 0 aromatic heterocycles. The molecule has 3 rings (SSSR count). The Morgan fingerprint density at radius 1 is 1.21 bits per heavy atom. The number of nitrogens with one attached hydrogen (secondary N) is 1. The molecular weight excluding hydrogens is 360 g/mol. The van der Waals surface area contributed by atoms with Gasteiger partial charge in [-0.05, 0) is 59.7 Å². The van der Waals surface area contributed by atoms with E-state index in [4.69, 9.17) is 10.5 Å². The van der Waals surface area contributed by atoms with Gasteiger partial charge in [-0.15, -0.1) is 0 Å². The Labute approximate surface area is 163 Å². The Balaban J connectivity index is 1.89. The summed E-state index contributed by atoms with van der Waals surface area (Å²) in [6.45, 7) is 0.490. The lowest BCUT2D eigenvalue weighted by Gasteiger charge is -2.21. The Bertz CT molecular complexity index is 864. The third-order valence-electron chi connectivity index (χ3n) is 4.63. The van der Waals surface area contributed by atoms with Gasteiger partial charge < -0.3 is 25.6 Å². The van der Waals surface area contributed by atoms with Crippen LogP contribution in [0.5, 0.6) is 0 Å². The maximum atomic E-state index is 11.6. The molecule has 2 aromatic carbocycles. The van der Waals surface area contributed by atoms with Crippen molar-refractivity contribution in [1.82, 2.24) is 5.32 Å². The molecule has 0 heterocycles. The predicted molar refractivity (Wildman–Crippen MR) is 104 cm³/mol. The van der Waals surface area contributed by atoms with Crippen molar-refractivity contribution < 1.29 is 24.2 Å². The van der Waals surface area contributed by atoms with E-state index in [0.717, 1.165) is 29.5 Å². The highest BCUT2D eigenvalue weighted by Crippen LogP contribution is 2.42. The fraction of sp³-hybridized carbons (Fsp3) is 0.333. The molecule has 1 saturated carbocycles. The Morgan fingerprint density at radius 3 is 2.64 bits per heavy atom. The topological polar surface area (TPSA) is 111 Å². The third-order valence-corrected chi connectivity index (χ3v) is 4.63. The van der Waals surface area contributed by atoms with E-state index in [9.17, 15) is 14.7 Å². The van der Waals surface area contributed by atoms with E-state index < -0.39 is 18.2 Å². The summed E-state index contributed by atoms with van der Waals surface area (Å²) in [6, 6.07) is 12.7. The highest BCUT2D eigenvalue weighted by Gasteiger charge is 2.27. The van der Waals surface area contributed by atoms with Gasteiger partial charge >= 0.3 is 12.1 Å². The van der Waals surface area contributed by atoms with Gasteiger partial charge in [0, 0.05) is 12.2 Å². The summed E-state index contributed by atoms with van der Waals surface area (Å²) >= 11 is 0. The van der Waals surface area contributed by atoms with Gasteiger partial charge in [0.15, 0.2) is 0 Å². The first kappa shape index (κ1) is 19.7. The molecule has 7 heteroatoms. The van der Waals surface area contributed by atoms with Gasteiger partial charge in [0.2, 0.25) is 0 Å². The van der Waals surface area contributed by atoms with Crippen molar-refractivity contribution in [2.75, 3.05) is 26.0 Å². The first-order valence-electron chi connectivity index (χ1n) is 9.15. The van der Waals surface area contributed by atoms with Crippen molar-refractivity contribution in [3.8, 4) is 0 Å². The molecular formula is C21H24N2O5. The maximum absolute atomic E-state index is 11.6. The fourth-order valence-corrected chi connectivity index (χ4v) is 3.11. The first-order valence-corrected chi connectivity index (χ1v) is 9.15. The van der Waals surface area contributed by atoms with Crippen molar-refractivity contribution in [2.45, 2.75) is 24.9 Å². The Morgan fingerprint density at radius 2 is 2.00 bits per heavy atom. The zero-order valence-electron chi connectivity index (χ0n) is 15.7. The van der Waals surface area contributed by atoms with Gasteiger partial charge in [-0.3, -0.25) is 0 Å². The van der Waals surface area contributed by atoms with Gasteiger partial charge in [0.05, 0.1) is 19.3 Å². The van der Waals surface area contributed by atoms with Crippen molar-refractivity contribution in [2.24, 2.45) is 0 Å². The molecule has 2 aromatic rings. The number of hydrogen-bond acceptors (Lipinski definition) is 5. The molecule has 1 atom stereocenters. The smallest absolute Gasteiger partial charge is 0.406 e. The normalized spacial score (nSPS) is 14.3. The van der Waals surface area contributed by atoms with Crippen molar-refractivity contribution in [3.63, 3.8) is 0 Å². The van der Waals surface area contributed by atoms with Crippen LogP contribution >= 0.6 is 0 Å². The molecule has 1 aliphatic rings. The minimum absolute atomic E-state index is 0.227. The molecule has 28 heavy (non-hydrogen) atoms. The average Bonchev–Trinajstić information content (AvgIpc) is 3.52. The summed E-state index contributed by atoms with van der Waals surface area (Å²) in [5.74, 6) is -0.567. The van der Waals surface area contributed by atoms with E-state index in [2.05, 4.69) is 10.1 Å². The number of anilines is 1. The number of rotatable bonds is 8. The molecule has 1 aliphatic carbocycles.